The Morgan fingerprint density at radius 3 is 2.64 bits per heavy atom. The number of nitro groups is 1. The zero-order chi connectivity index (χ0) is 16.3. The van der Waals surface area contributed by atoms with Crippen LogP contribution in [0.5, 0.6) is 0 Å². The standard InChI is InChI=1S/C13H15N3O5S/c1-3-15-12(14-8-13(15)16(17)18)9-21-22(19,20)11-7-5-4-6-10(11)2/h4-8H,3,9H2,1-2H3. The summed E-state index contributed by atoms with van der Waals surface area (Å²) in [5.74, 6) is -0.0132. The van der Waals surface area contributed by atoms with Crippen LogP contribution in [-0.2, 0) is 27.5 Å². The summed E-state index contributed by atoms with van der Waals surface area (Å²) in [4.78, 5) is 14.2. The van der Waals surface area contributed by atoms with Gasteiger partial charge in [0.15, 0.2) is 0 Å². The van der Waals surface area contributed by atoms with Crippen LogP contribution in [-0.4, -0.2) is 22.9 Å². The maximum absolute atomic E-state index is 12.2. The molecule has 0 atom stereocenters. The second kappa shape index (κ2) is 6.24. The Morgan fingerprint density at radius 1 is 1.36 bits per heavy atom. The third-order valence-electron chi connectivity index (χ3n) is 3.13. The number of aromatic nitrogens is 2. The van der Waals surface area contributed by atoms with E-state index in [0.29, 0.717) is 12.1 Å². The van der Waals surface area contributed by atoms with Gasteiger partial charge in [0, 0.05) is 0 Å². The molecule has 22 heavy (non-hydrogen) atoms. The lowest BCUT2D eigenvalue weighted by Gasteiger charge is -2.07. The Hall–Kier alpha value is -2.26. The number of benzene rings is 1. The molecule has 0 aliphatic heterocycles. The minimum absolute atomic E-state index is 0.0686. The van der Waals surface area contributed by atoms with Crippen LogP contribution in [0.25, 0.3) is 0 Å². The first-order valence-corrected chi connectivity index (χ1v) is 7.91. The monoisotopic (exact) mass is 325 g/mol. The van der Waals surface area contributed by atoms with E-state index < -0.39 is 15.0 Å². The molecule has 9 heteroatoms. The largest absolute Gasteiger partial charge is 0.358 e. The van der Waals surface area contributed by atoms with Gasteiger partial charge in [0.05, 0.1) is 11.4 Å². The molecule has 0 spiro atoms. The Labute approximate surface area is 127 Å². The fraction of sp³-hybridized carbons (Fsp3) is 0.308. The molecule has 0 unspecified atom stereocenters. The predicted octanol–water partition coefficient (Wildman–Crippen LogP) is 2.03. The lowest BCUT2D eigenvalue weighted by molar-refractivity contribution is -0.392. The zero-order valence-electron chi connectivity index (χ0n) is 12.1. The number of hydrogen-bond acceptors (Lipinski definition) is 6. The SMILES string of the molecule is CCn1c([N+](=O)[O-])cnc1COS(=O)(=O)c1ccccc1C. The highest BCUT2D eigenvalue weighted by atomic mass is 32.2. The van der Waals surface area contributed by atoms with Gasteiger partial charge in [-0.3, -0.25) is 4.18 Å². The highest BCUT2D eigenvalue weighted by molar-refractivity contribution is 7.86. The summed E-state index contributed by atoms with van der Waals surface area (Å²) in [5.41, 5.74) is 0.562. The van der Waals surface area contributed by atoms with Crippen molar-refractivity contribution in [1.82, 2.24) is 9.55 Å². The van der Waals surface area contributed by atoms with E-state index in [0.717, 1.165) is 6.20 Å². The molecular weight excluding hydrogens is 310 g/mol. The van der Waals surface area contributed by atoms with Gasteiger partial charge in [0.2, 0.25) is 5.82 Å². The quantitative estimate of drug-likeness (QED) is 0.457. The lowest BCUT2D eigenvalue weighted by Crippen LogP contribution is -2.12. The third-order valence-corrected chi connectivity index (χ3v) is 4.55. The van der Waals surface area contributed by atoms with Crippen LogP contribution in [0.3, 0.4) is 0 Å². The smallest absolute Gasteiger partial charge is 0.342 e. The van der Waals surface area contributed by atoms with Crippen molar-refractivity contribution in [2.45, 2.75) is 31.9 Å². The fourth-order valence-corrected chi connectivity index (χ4v) is 3.14. The maximum Gasteiger partial charge on any atom is 0.342 e. The van der Waals surface area contributed by atoms with Gasteiger partial charge in [-0.15, -0.1) is 0 Å². The van der Waals surface area contributed by atoms with Crippen LogP contribution in [0.15, 0.2) is 35.4 Å². The second-order valence-corrected chi connectivity index (χ2v) is 6.10. The van der Waals surface area contributed by atoms with Gasteiger partial charge in [0.25, 0.3) is 10.1 Å². The van der Waals surface area contributed by atoms with E-state index in [1.54, 1.807) is 32.0 Å². The first-order valence-electron chi connectivity index (χ1n) is 6.50. The lowest BCUT2D eigenvalue weighted by atomic mass is 10.2. The number of nitrogens with zero attached hydrogens (tertiary/aromatic N) is 3. The van der Waals surface area contributed by atoms with Crippen LogP contribution in [0.4, 0.5) is 5.82 Å². The van der Waals surface area contributed by atoms with Gasteiger partial charge < -0.3 is 10.1 Å². The molecule has 0 radical (unpaired) electrons. The van der Waals surface area contributed by atoms with Gasteiger partial charge in [-0.25, -0.2) is 9.55 Å². The highest BCUT2D eigenvalue weighted by Gasteiger charge is 2.23. The van der Waals surface area contributed by atoms with E-state index in [9.17, 15) is 18.5 Å². The van der Waals surface area contributed by atoms with E-state index in [1.807, 2.05) is 0 Å². The molecule has 1 heterocycles. The van der Waals surface area contributed by atoms with E-state index in [1.165, 1.54) is 10.6 Å². The maximum atomic E-state index is 12.2. The first-order chi connectivity index (χ1) is 10.4. The number of aryl methyl sites for hydroxylation is 1. The molecule has 1 aromatic heterocycles. The van der Waals surface area contributed by atoms with Gasteiger partial charge in [-0.2, -0.15) is 8.42 Å². The second-order valence-electron chi connectivity index (χ2n) is 4.52. The minimum Gasteiger partial charge on any atom is -0.358 e. The van der Waals surface area contributed by atoms with Crippen LogP contribution in [0.1, 0.15) is 18.3 Å². The van der Waals surface area contributed by atoms with Crippen molar-refractivity contribution in [3.05, 3.63) is 52.0 Å². The molecule has 0 saturated carbocycles. The normalized spacial score (nSPS) is 11.5. The Balaban J connectivity index is 2.23. The number of hydrogen-bond donors (Lipinski definition) is 0. The van der Waals surface area contributed by atoms with Crippen LogP contribution < -0.4 is 0 Å². The summed E-state index contributed by atoms with van der Waals surface area (Å²) in [5, 5.41) is 10.8. The molecule has 0 N–H and O–H groups in total. The summed E-state index contributed by atoms with van der Waals surface area (Å²) < 4.78 is 30.6. The highest BCUT2D eigenvalue weighted by Crippen LogP contribution is 2.20. The number of imidazole rings is 1. The molecule has 0 bridgehead atoms. The summed E-state index contributed by atoms with van der Waals surface area (Å²) in [7, 11) is -3.95. The van der Waals surface area contributed by atoms with Crippen LogP contribution >= 0.6 is 0 Å². The molecule has 0 amide bonds. The fourth-order valence-electron chi connectivity index (χ4n) is 2.04. The van der Waals surface area contributed by atoms with Crippen molar-refractivity contribution >= 4 is 15.9 Å². The average Bonchev–Trinajstić information content (AvgIpc) is 2.88. The van der Waals surface area contributed by atoms with Crippen molar-refractivity contribution in [2.75, 3.05) is 0 Å². The van der Waals surface area contributed by atoms with Crippen molar-refractivity contribution in [3.63, 3.8) is 0 Å². The van der Waals surface area contributed by atoms with Crippen LogP contribution in [0.2, 0.25) is 0 Å². The molecule has 1 aromatic carbocycles. The van der Waals surface area contributed by atoms with Gasteiger partial charge in [0.1, 0.15) is 12.8 Å². The summed E-state index contributed by atoms with van der Waals surface area (Å²) in [6.45, 7) is 3.29. The van der Waals surface area contributed by atoms with Gasteiger partial charge >= 0.3 is 5.82 Å². The van der Waals surface area contributed by atoms with Gasteiger partial charge in [-0.05, 0) is 30.4 Å². The van der Waals surface area contributed by atoms with Crippen molar-refractivity contribution in [2.24, 2.45) is 0 Å². The molecule has 0 aliphatic carbocycles. The van der Waals surface area contributed by atoms with Crippen molar-refractivity contribution < 1.29 is 17.5 Å². The number of rotatable bonds is 6. The molecule has 2 aromatic rings. The molecular formula is C13H15N3O5S. The van der Waals surface area contributed by atoms with Crippen molar-refractivity contribution in [3.8, 4) is 0 Å². The van der Waals surface area contributed by atoms with E-state index in [4.69, 9.17) is 4.18 Å². The minimum atomic E-state index is -3.95. The average molecular weight is 325 g/mol. The molecule has 0 saturated heterocycles. The molecule has 0 fully saturated rings. The van der Waals surface area contributed by atoms with E-state index in [-0.39, 0.29) is 23.1 Å². The Kier molecular flexibility index (Phi) is 4.57. The summed E-state index contributed by atoms with van der Waals surface area (Å²) in [6.07, 6.45) is 1.09. The zero-order valence-corrected chi connectivity index (χ0v) is 12.9. The van der Waals surface area contributed by atoms with Gasteiger partial charge in [-0.1, -0.05) is 18.2 Å². The Morgan fingerprint density at radius 2 is 2.05 bits per heavy atom. The predicted molar refractivity (Wildman–Crippen MR) is 77.7 cm³/mol. The Bertz CT molecular complexity index is 798. The topological polar surface area (TPSA) is 104 Å². The van der Waals surface area contributed by atoms with Crippen LogP contribution in [0, 0.1) is 17.0 Å². The van der Waals surface area contributed by atoms with E-state index in [2.05, 4.69) is 4.98 Å². The summed E-state index contributed by atoms with van der Waals surface area (Å²) >= 11 is 0. The summed E-state index contributed by atoms with van der Waals surface area (Å²) in [6, 6.07) is 6.43. The van der Waals surface area contributed by atoms with Crippen molar-refractivity contribution in [1.29, 1.82) is 0 Å². The third kappa shape index (κ3) is 3.15. The first kappa shape index (κ1) is 16.1. The molecule has 2 rings (SSSR count). The molecule has 0 aliphatic rings. The van der Waals surface area contributed by atoms with E-state index >= 15 is 0 Å². The molecule has 8 nitrogen and oxygen atoms in total. The molecule has 118 valence electrons.